The van der Waals surface area contributed by atoms with Gasteiger partial charge in [-0.25, -0.2) is 0 Å². The van der Waals surface area contributed by atoms with Crippen LogP contribution < -0.4 is 0 Å². The molecule has 0 bridgehead atoms. The van der Waals surface area contributed by atoms with Gasteiger partial charge in [0.15, 0.2) is 0 Å². The van der Waals surface area contributed by atoms with Crippen molar-refractivity contribution in [3.05, 3.63) is 42.2 Å². The van der Waals surface area contributed by atoms with Crippen molar-refractivity contribution in [2.75, 3.05) is 26.7 Å². The van der Waals surface area contributed by atoms with E-state index in [9.17, 15) is 0 Å². The zero-order valence-electron chi connectivity index (χ0n) is 13.8. The van der Waals surface area contributed by atoms with E-state index in [4.69, 9.17) is 0 Å². The first-order valence-electron chi connectivity index (χ1n) is 8.78. The number of likely N-dealkylation sites (tertiary alicyclic amines) is 1. The van der Waals surface area contributed by atoms with Crippen LogP contribution in [0, 0.1) is 5.92 Å². The molecule has 1 aliphatic carbocycles. The van der Waals surface area contributed by atoms with Gasteiger partial charge in [-0.1, -0.05) is 12.2 Å². The van der Waals surface area contributed by atoms with E-state index in [1.807, 2.05) is 12.4 Å². The van der Waals surface area contributed by atoms with Gasteiger partial charge in [0.2, 0.25) is 0 Å². The lowest BCUT2D eigenvalue weighted by Crippen LogP contribution is -2.45. The van der Waals surface area contributed by atoms with Gasteiger partial charge in [-0.3, -0.25) is 9.88 Å². The monoisotopic (exact) mass is 299 g/mol. The summed E-state index contributed by atoms with van der Waals surface area (Å²) in [4.78, 5) is 9.38. The highest BCUT2D eigenvalue weighted by molar-refractivity contribution is 5.10. The van der Waals surface area contributed by atoms with Gasteiger partial charge in [0.1, 0.15) is 0 Å². The van der Waals surface area contributed by atoms with Crippen LogP contribution in [0.2, 0.25) is 0 Å². The average molecular weight is 299 g/mol. The number of hydrogen-bond donors (Lipinski definition) is 0. The Morgan fingerprint density at radius 2 is 1.91 bits per heavy atom. The first-order valence-corrected chi connectivity index (χ1v) is 8.78. The zero-order valence-corrected chi connectivity index (χ0v) is 13.8. The van der Waals surface area contributed by atoms with E-state index in [2.05, 4.69) is 46.1 Å². The molecule has 3 rings (SSSR count). The minimum Gasteiger partial charge on any atom is -0.306 e. The average Bonchev–Trinajstić information content (AvgIpc) is 2.57. The van der Waals surface area contributed by atoms with Crippen molar-refractivity contribution in [3.8, 4) is 0 Å². The molecule has 3 heteroatoms. The summed E-state index contributed by atoms with van der Waals surface area (Å²) in [5.41, 5.74) is 1.40. The molecule has 120 valence electrons. The maximum absolute atomic E-state index is 4.16. The van der Waals surface area contributed by atoms with Crippen molar-refractivity contribution in [3.63, 3.8) is 0 Å². The Bertz CT molecular complexity index is 463. The molecule has 0 aromatic carbocycles. The third-order valence-corrected chi connectivity index (χ3v) is 5.21. The predicted molar refractivity (Wildman–Crippen MR) is 91.6 cm³/mol. The second kappa shape index (κ2) is 7.89. The van der Waals surface area contributed by atoms with E-state index < -0.39 is 0 Å². The van der Waals surface area contributed by atoms with Crippen molar-refractivity contribution in [1.82, 2.24) is 14.8 Å². The zero-order chi connectivity index (χ0) is 15.2. The van der Waals surface area contributed by atoms with Gasteiger partial charge in [-0.2, -0.15) is 0 Å². The lowest BCUT2D eigenvalue weighted by Gasteiger charge is -2.39. The summed E-state index contributed by atoms with van der Waals surface area (Å²) >= 11 is 0. The number of nitrogens with zero attached hydrogens (tertiary/aromatic N) is 3. The highest BCUT2D eigenvalue weighted by Crippen LogP contribution is 2.24. The van der Waals surface area contributed by atoms with Gasteiger partial charge in [-0.15, -0.1) is 0 Å². The Morgan fingerprint density at radius 1 is 1.14 bits per heavy atom. The summed E-state index contributed by atoms with van der Waals surface area (Å²) in [6, 6.07) is 5.08. The van der Waals surface area contributed by atoms with Crippen LogP contribution in [-0.2, 0) is 6.54 Å². The number of pyridine rings is 1. The van der Waals surface area contributed by atoms with Crippen LogP contribution in [0.1, 0.15) is 37.7 Å². The molecular formula is C19H29N3. The van der Waals surface area contributed by atoms with Crippen molar-refractivity contribution in [2.45, 2.75) is 44.7 Å². The molecule has 1 aromatic rings. The first-order chi connectivity index (χ1) is 10.8. The molecule has 1 saturated heterocycles. The SMILES string of the molecule is CN1CCC(N(Cc2ccncc2)C[C@H]2CC=CCC2)CC1. The highest BCUT2D eigenvalue weighted by Gasteiger charge is 2.25. The topological polar surface area (TPSA) is 19.4 Å². The Labute approximate surface area is 135 Å². The third kappa shape index (κ3) is 4.40. The van der Waals surface area contributed by atoms with Gasteiger partial charge < -0.3 is 4.90 Å². The number of piperidine rings is 1. The molecule has 1 aromatic heterocycles. The van der Waals surface area contributed by atoms with E-state index in [-0.39, 0.29) is 0 Å². The maximum atomic E-state index is 4.16. The van der Waals surface area contributed by atoms with Crippen molar-refractivity contribution >= 4 is 0 Å². The first kappa shape index (κ1) is 15.7. The van der Waals surface area contributed by atoms with Crippen molar-refractivity contribution in [2.24, 2.45) is 5.92 Å². The lowest BCUT2D eigenvalue weighted by molar-refractivity contribution is 0.0961. The lowest BCUT2D eigenvalue weighted by atomic mass is 9.92. The molecule has 1 aliphatic heterocycles. The van der Waals surface area contributed by atoms with Crippen LogP contribution in [0.3, 0.4) is 0 Å². The smallest absolute Gasteiger partial charge is 0.0271 e. The van der Waals surface area contributed by atoms with Crippen molar-refractivity contribution in [1.29, 1.82) is 0 Å². The Hall–Kier alpha value is -1.19. The molecule has 0 saturated carbocycles. The van der Waals surface area contributed by atoms with E-state index in [0.717, 1.165) is 18.5 Å². The summed E-state index contributed by atoms with van der Waals surface area (Å²) in [6.07, 6.45) is 15.1. The maximum Gasteiger partial charge on any atom is 0.0271 e. The van der Waals surface area contributed by atoms with Crippen LogP contribution in [0.25, 0.3) is 0 Å². The molecule has 0 spiro atoms. The summed E-state index contributed by atoms with van der Waals surface area (Å²) in [6.45, 7) is 4.81. The molecule has 3 nitrogen and oxygen atoms in total. The second-order valence-electron chi connectivity index (χ2n) is 6.97. The number of hydrogen-bond acceptors (Lipinski definition) is 3. The number of rotatable bonds is 5. The van der Waals surface area contributed by atoms with Crippen LogP contribution in [0.5, 0.6) is 0 Å². The summed E-state index contributed by atoms with van der Waals surface area (Å²) in [5, 5.41) is 0. The van der Waals surface area contributed by atoms with Gasteiger partial charge >= 0.3 is 0 Å². The van der Waals surface area contributed by atoms with Crippen LogP contribution in [0.4, 0.5) is 0 Å². The van der Waals surface area contributed by atoms with E-state index >= 15 is 0 Å². The molecule has 2 heterocycles. The van der Waals surface area contributed by atoms with E-state index in [0.29, 0.717) is 0 Å². The fraction of sp³-hybridized carbons (Fsp3) is 0.632. The summed E-state index contributed by atoms with van der Waals surface area (Å²) in [5.74, 6) is 0.839. The van der Waals surface area contributed by atoms with Crippen LogP contribution in [-0.4, -0.2) is 47.5 Å². The molecular weight excluding hydrogens is 270 g/mol. The molecule has 2 aliphatic rings. The Kier molecular flexibility index (Phi) is 5.63. The Morgan fingerprint density at radius 3 is 2.59 bits per heavy atom. The predicted octanol–water partition coefficient (Wildman–Crippen LogP) is 3.33. The van der Waals surface area contributed by atoms with Gasteiger partial charge in [0.05, 0.1) is 0 Å². The fourth-order valence-corrected chi connectivity index (χ4v) is 3.78. The fourth-order valence-electron chi connectivity index (χ4n) is 3.78. The van der Waals surface area contributed by atoms with Crippen LogP contribution >= 0.6 is 0 Å². The molecule has 1 atom stereocenters. The van der Waals surface area contributed by atoms with Crippen molar-refractivity contribution < 1.29 is 0 Å². The van der Waals surface area contributed by atoms with E-state index in [1.165, 1.54) is 57.3 Å². The van der Waals surface area contributed by atoms with Gasteiger partial charge in [0.25, 0.3) is 0 Å². The molecule has 0 amide bonds. The highest BCUT2D eigenvalue weighted by atomic mass is 15.2. The minimum absolute atomic E-state index is 0.746. The standard InChI is InChI=1S/C19H29N3/c1-21-13-9-19(10-14-21)22(15-17-5-3-2-4-6-17)16-18-7-11-20-12-8-18/h2-3,7-8,11-12,17,19H,4-6,9-10,13-16H2,1H3/t17-/m0/s1. The normalized spacial score (nSPS) is 24.0. The molecule has 1 fully saturated rings. The second-order valence-corrected chi connectivity index (χ2v) is 6.97. The molecule has 0 unspecified atom stereocenters. The minimum atomic E-state index is 0.746. The number of allylic oxidation sites excluding steroid dienone is 2. The molecule has 0 radical (unpaired) electrons. The van der Waals surface area contributed by atoms with E-state index in [1.54, 1.807) is 0 Å². The van der Waals surface area contributed by atoms with Gasteiger partial charge in [-0.05, 0) is 75.9 Å². The summed E-state index contributed by atoms with van der Waals surface area (Å²) in [7, 11) is 2.25. The molecule has 0 N–H and O–H groups in total. The van der Waals surface area contributed by atoms with Gasteiger partial charge in [0, 0.05) is 31.5 Å². The number of aromatic nitrogens is 1. The third-order valence-electron chi connectivity index (χ3n) is 5.21. The molecule has 22 heavy (non-hydrogen) atoms. The quantitative estimate of drug-likeness (QED) is 0.777. The van der Waals surface area contributed by atoms with Crippen LogP contribution in [0.15, 0.2) is 36.7 Å². The summed E-state index contributed by atoms with van der Waals surface area (Å²) < 4.78 is 0. The largest absolute Gasteiger partial charge is 0.306 e. The Balaban J connectivity index is 1.65.